The molecular weight excluding hydrogens is 458 g/mol. The van der Waals surface area contributed by atoms with Crippen molar-refractivity contribution in [3.8, 4) is 11.3 Å². The van der Waals surface area contributed by atoms with Gasteiger partial charge in [-0.05, 0) is 61.1 Å². The van der Waals surface area contributed by atoms with Crippen LogP contribution in [0.4, 0.5) is 0 Å². The van der Waals surface area contributed by atoms with Crippen molar-refractivity contribution < 1.29 is 29.0 Å². The minimum absolute atomic E-state index is 0.135. The predicted octanol–water partition coefficient (Wildman–Crippen LogP) is 3.75. The van der Waals surface area contributed by atoms with Crippen molar-refractivity contribution in [2.45, 2.75) is 18.5 Å². The van der Waals surface area contributed by atoms with Crippen molar-refractivity contribution in [1.82, 2.24) is 15.2 Å². The number of furan rings is 1. The highest BCUT2D eigenvalue weighted by atomic mass is 32.1. The van der Waals surface area contributed by atoms with Crippen LogP contribution in [-0.4, -0.2) is 57.4 Å². The number of methoxy groups -OCH3 is 1. The molecule has 3 N–H and O–H groups in total. The number of hydrogen-bond donors (Lipinski definition) is 3. The van der Waals surface area contributed by atoms with Gasteiger partial charge in [0.05, 0.1) is 22.9 Å². The van der Waals surface area contributed by atoms with E-state index in [9.17, 15) is 19.8 Å². The predicted molar refractivity (Wildman–Crippen MR) is 127 cm³/mol. The normalized spacial score (nSPS) is 17.6. The van der Waals surface area contributed by atoms with Gasteiger partial charge in [0.15, 0.2) is 5.11 Å². The first kappa shape index (κ1) is 23.4. The van der Waals surface area contributed by atoms with Crippen LogP contribution in [0.15, 0.2) is 59.1 Å². The van der Waals surface area contributed by atoms with Crippen LogP contribution in [0, 0.1) is 0 Å². The summed E-state index contributed by atoms with van der Waals surface area (Å²) in [5.74, 6) is -1.50. The Hall–Kier alpha value is -3.76. The number of carboxylic acid groups (broad SMARTS) is 2. The molecule has 0 spiro atoms. The fraction of sp³-hybridized carbons (Fsp3) is 0.250. The zero-order chi connectivity index (χ0) is 24.2. The molecule has 4 rings (SSSR count). The van der Waals surface area contributed by atoms with Crippen LogP contribution in [0.2, 0.25) is 0 Å². The van der Waals surface area contributed by atoms with Gasteiger partial charge in [0.2, 0.25) is 0 Å². The third-order valence-corrected chi connectivity index (χ3v) is 5.93. The van der Waals surface area contributed by atoms with Gasteiger partial charge in [0.25, 0.3) is 0 Å². The molecule has 34 heavy (non-hydrogen) atoms. The SMILES string of the molecule is COCCCN1C(=S)N[C@H](c2ccccn2)[C@@H]1c1ccc(-c2cc(C(=O)O)cc(C(=O)O)c2)o1. The summed E-state index contributed by atoms with van der Waals surface area (Å²) in [5, 5.41) is 22.7. The number of aromatic carboxylic acids is 2. The molecule has 3 aromatic rings. The number of ether oxygens (including phenoxy) is 1. The van der Waals surface area contributed by atoms with Gasteiger partial charge >= 0.3 is 11.9 Å². The summed E-state index contributed by atoms with van der Waals surface area (Å²) in [6.07, 6.45) is 2.46. The fourth-order valence-corrected chi connectivity index (χ4v) is 4.35. The lowest BCUT2D eigenvalue weighted by atomic mass is 10.0. The first-order valence-corrected chi connectivity index (χ1v) is 11.0. The van der Waals surface area contributed by atoms with Crippen LogP contribution in [0.3, 0.4) is 0 Å². The number of rotatable bonds is 9. The molecule has 2 aromatic heterocycles. The third kappa shape index (κ3) is 4.78. The Morgan fingerprint density at radius 1 is 1.15 bits per heavy atom. The largest absolute Gasteiger partial charge is 0.478 e. The second-order valence-corrected chi connectivity index (χ2v) is 8.16. The van der Waals surface area contributed by atoms with Gasteiger partial charge in [0.1, 0.15) is 17.6 Å². The van der Waals surface area contributed by atoms with E-state index in [1.54, 1.807) is 25.4 Å². The molecule has 10 heteroatoms. The Bertz CT molecular complexity index is 1180. The van der Waals surface area contributed by atoms with E-state index in [2.05, 4.69) is 10.3 Å². The Morgan fingerprint density at radius 2 is 1.88 bits per heavy atom. The number of thiocarbonyl (C=S) groups is 1. The molecule has 1 saturated heterocycles. The van der Waals surface area contributed by atoms with Crippen LogP contribution in [-0.2, 0) is 4.74 Å². The zero-order valence-electron chi connectivity index (χ0n) is 18.3. The topological polar surface area (TPSA) is 125 Å². The molecule has 0 saturated carbocycles. The van der Waals surface area contributed by atoms with Crippen LogP contribution < -0.4 is 5.32 Å². The molecule has 0 radical (unpaired) electrons. The van der Waals surface area contributed by atoms with Gasteiger partial charge in [-0.3, -0.25) is 4.98 Å². The molecule has 1 aliphatic heterocycles. The Morgan fingerprint density at radius 3 is 2.50 bits per heavy atom. The highest BCUT2D eigenvalue weighted by Crippen LogP contribution is 2.40. The molecule has 9 nitrogen and oxygen atoms in total. The van der Waals surface area contributed by atoms with Crippen molar-refractivity contribution in [2.75, 3.05) is 20.3 Å². The molecule has 3 heterocycles. The van der Waals surface area contributed by atoms with E-state index in [-0.39, 0.29) is 23.2 Å². The number of pyridine rings is 1. The molecule has 176 valence electrons. The number of carboxylic acids is 2. The summed E-state index contributed by atoms with van der Waals surface area (Å²) in [5.41, 5.74) is 0.883. The lowest BCUT2D eigenvalue weighted by Gasteiger charge is -2.26. The molecule has 0 unspecified atom stereocenters. The second kappa shape index (κ2) is 10.0. The van der Waals surface area contributed by atoms with Crippen molar-refractivity contribution in [2.24, 2.45) is 0 Å². The van der Waals surface area contributed by atoms with E-state index in [0.717, 1.165) is 18.2 Å². The van der Waals surface area contributed by atoms with Crippen molar-refractivity contribution in [3.63, 3.8) is 0 Å². The maximum atomic E-state index is 11.5. The Labute approximate surface area is 201 Å². The lowest BCUT2D eigenvalue weighted by Crippen LogP contribution is -2.31. The average molecular weight is 482 g/mol. The summed E-state index contributed by atoms with van der Waals surface area (Å²) in [7, 11) is 1.64. The van der Waals surface area contributed by atoms with Gasteiger partial charge in [-0.2, -0.15) is 0 Å². The number of benzene rings is 1. The monoisotopic (exact) mass is 481 g/mol. The summed E-state index contributed by atoms with van der Waals surface area (Å²) in [6.45, 7) is 1.20. The standard InChI is InChI=1S/C24H23N3O6S/c1-32-10-4-9-27-21(20(26-24(27)34)17-5-2-3-8-25-17)19-7-6-18(33-19)14-11-15(22(28)29)13-16(12-14)23(30)31/h2-3,5-8,11-13,20-21H,4,9-10H2,1H3,(H,26,34)(H,28,29)(H,30,31)/t20-,21+/m1/s1. The lowest BCUT2D eigenvalue weighted by molar-refractivity contribution is 0.0696. The van der Waals surface area contributed by atoms with Crippen LogP contribution >= 0.6 is 12.2 Å². The molecule has 0 bridgehead atoms. The maximum absolute atomic E-state index is 11.5. The minimum atomic E-state index is -1.22. The summed E-state index contributed by atoms with van der Waals surface area (Å²) < 4.78 is 11.4. The quantitative estimate of drug-likeness (QED) is 0.307. The van der Waals surface area contributed by atoms with Gasteiger partial charge in [-0.1, -0.05) is 6.07 Å². The number of hydrogen-bond acceptors (Lipinski definition) is 6. The van der Waals surface area contributed by atoms with E-state index >= 15 is 0 Å². The Kier molecular flexibility index (Phi) is 6.90. The van der Waals surface area contributed by atoms with Crippen molar-refractivity contribution >= 4 is 29.3 Å². The van der Waals surface area contributed by atoms with Gasteiger partial charge in [-0.25, -0.2) is 9.59 Å². The molecule has 1 fully saturated rings. The summed E-state index contributed by atoms with van der Waals surface area (Å²) in [4.78, 5) is 29.5. The highest BCUT2D eigenvalue weighted by Gasteiger charge is 2.41. The summed E-state index contributed by atoms with van der Waals surface area (Å²) in [6, 6.07) is 12.5. The first-order chi connectivity index (χ1) is 16.4. The van der Waals surface area contributed by atoms with E-state index in [1.807, 2.05) is 23.1 Å². The molecular formula is C24H23N3O6S. The van der Waals surface area contributed by atoms with E-state index in [4.69, 9.17) is 21.4 Å². The molecule has 2 atom stereocenters. The molecule has 1 aromatic carbocycles. The smallest absolute Gasteiger partial charge is 0.335 e. The van der Waals surface area contributed by atoms with E-state index in [0.29, 0.717) is 35.3 Å². The van der Waals surface area contributed by atoms with Crippen molar-refractivity contribution in [3.05, 3.63) is 77.3 Å². The van der Waals surface area contributed by atoms with E-state index in [1.165, 1.54) is 12.1 Å². The van der Waals surface area contributed by atoms with Gasteiger partial charge < -0.3 is 29.6 Å². The first-order valence-electron chi connectivity index (χ1n) is 10.6. The number of aromatic nitrogens is 1. The van der Waals surface area contributed by atoms with Gasteiger partial charge in [-0.15, -0.1) is 0 Å². The maximum Gasteiger partial charge on any atom is 0.335 e. The third-order valence-electron chi connectivity index (χ3n) is 5.57. The minimum Gasteiger partial charge on any atom is -0.478 e. The fourth-order valence-electron chi connectivity index (χ4n) is 4.02. The van der Waals surface area contributed by atoms with Crippen LogP contribution in [0.25, 0.3) is 11.3 Å². The average Bonchev–Trinajstić information content (AvgIpc) is 3.44. The molecule has 1 aliphatic rings. The zero-order valence-corrected chi connectivity index (χ0v) is 19.1. The van der Waals surface area contributed by atoms with Gasteiger partial charge in [0, 0.05) is 32.0 Å². The molecule has 0 amide bonds. The second-order valence-electron chi connectivity index (χ2n) is 7.78. The van der Waals surface area contributed by atoms with Crippen molar-refractivity contribution in [1.29, 1.82) is 0 Å². The summed E-state index contributed by atoms with van der Waals surface area (Å²) >= 11 is 5.61. The van der Waals surface area contributed by atoms with E-state index < -0.39 is 11.9 Å². The molecule has 0 aliphatic carbocycles. The number of carbonyl (C=O) groups is 2. The van der Waals surface area contributed by atoms with Crippen LogP contribution in [0.1, 0.15) is 50.7 Å². The highest BCUT2D eigenvalue weighted by molar-refractivity contribution is 7.80. The Balaban J connectivity index is 1.73. The number of nitrogens with one attached hydrogen (secondary N) is 1. The number of nitrogens with zero attached hydrogens (tertiary/aromatic N) is 2. The van der Waals surface area contributed by atoms with Crippen LogP contribution in [0.5, 0.6) is 0 Å².